The van der Waals surface area contributed by atoms with Gasteiger partial charge in [-0.1, -0.05) is 202 Å². The number of thiophene rings is 1. The average molecular weight is 827 g/mol. The highest BCUT2D eigenvalue weighted by atomic mass is 32.1. The van der Waals surface area contributed by atoms with E-state index in [1.165, 1.54) is 64.3 Å². The molecule has 0 spiro atoms. The molecule has 0 saturated heterocycles. The largest absolute Gasteiger partial charge is 0.253 e. The molecule has 0 amide bonds. The topological polar surface area (TPSA) is 24.7 Å². The molecule has 1 aromatic heterocycles. The first-order valence-electron chi connectivity index (χ1n) is 22.1. The molecule has 0 fully saturated rings. The number of aliphatic imine (C=N–C) groups is 2. The van der Waals surface area contributed by atoms with Gasteiger partial charge in [-0.2, -0.15) is 0 Å². The second kappa shape index (κ2) is 16.2. The Balaban J connectivity index is 1.01. The lowest BCUT2D eigenvalue weighted by molar-refractivity contribution is 0.635. The Morgan fingerprint density at radius 1 is 0.556 bits per heavy atom. The summed E-state index contributed by atoms with van der Waals surface area (Å²) in [6.07, 6.45) is 9.79. The summed E-state index contributed by atoms with van der Waals surface area (Å²) >= 11 is 1.92. The van der Waals surface area contributed by atoms with E-state index in [9.17, 15) is 0 Å². The van der Waals surface area contributed by atoms with Gasteiger partial charge in [0.1, 0.15) is 6.04 Å². The van der Waals surface area contributed by atoms with E-state index in [0.717, 1.165) is 51.4 Å². The van der Waals surface area contributed by atoms with Crippen molar-refractivity contribution in [1.82, 2.24) is 0 Å². The number of nitrogens with zero attached hydrogens (tertiary/aromatic N) is 2. The molecule has 2 heterocycles. The third-order valence-electron chi connectivity index (χ3n) is 13.0. The van der Waals surface area contributed by atoms with E-state index in [-0.39, 0.29) is 6.04 Å². The van der Waals surface area contributed by atoms with Gasteiger partial charge in [-0.05, 0) is 85.8 Å². The van der Waals surface area contributed by atoms with Crippen molar-refractivity contribution >= 4 is 53.8 Å². The molecule has 63 heavy (non-hydrogen) atoms. The maximum atomic E-state index is 5.32. The van der Waals surface area contributed by atoms with Gasteiger partial charge in [0, 0.05) is 48.4 Å². The third kappa shape index (κ3) is 6.90. The van der Waals surface area contributed by atoms with Gasteiger partial charge in [-0.25, -0.2) is 4.99 Å². The van der Waals surface area contributed by atoms with Crippen LogP contribution in [0.2, 0.25) is 0 Å². The first-order valence-corrected chi connectivity index (χ1v) is 22.9. The van der Waals surface area contributed by atoms with Crippen molar-refractivity contribution in [2.75, 3.05) is 0 Å². The molecule has 9 aromatic rings. The molecule has 3 unspecified atom stereocenters. The standard InChI is InChI=1S/C60H46N2S/c1-4-48-54(41-19-7-5-8-20-41)59-56(51-28-13-14-31-53(51)63-59)52-30-17-29-50(55(48)52)46-25-15-23-44(36-46)45-24-16-26-47(37-45)58-39(3)57(61-60(62-58)43-21-9-6-10-22-43)42-34-32-40(33-35-42)49-27-12-11-18-38(49)2/h5-38,49,58H,3-4H2,1-2H3. The smallest absolute Gasteiger partial charge is 0.156 e. The number of rotatable bonds is 8. The summed E-state index contributed by atoms with van der Waals surface area (Å²) in [5, 5.41) is 5.32. The van der Waals surface area contributed by atoms with Gasteiger partial charge in [0.05, 0.1) is 5.71 Å². The van der Waals surface area contributed by atoms with Crippen LogP contribution in [0.15, 0.2) is 222 Å². The van der Waals surface area contributed by atoms with Gasteiger partial charge in [0.2, 0.25) is 0 Å². The Bertz CT molecular complexity index is 3350. The van der Waals surface area contributed by atoms with Crippen LogP contribution >= 0.6 is 11.3 Å². The lowest BCUT2D eigenvalue weighted by atomic mass is 9.83. The molecule has 302 valence electrons. The molecule has 2 aliphatic rings. The van der Waals surface area contributed by atoms with E-state index >= 15 is 0 Å². The van der Waals surface area contributed by atoms with Crippen LogP contribution in [0.5, 0.6) is 0 Å². The van der Waals surface area contributed by atoms with Crippen LogP contribution in [0.25, 0.3) is 64.3 Å². The highest BCUT2D eigenvalue weighted by molar-refractivity contribution is 7.26. The fraction of sp³-hybridized carbons (Fsp3) is 0.100. The summed E-state index contributed by atoms with van der Waals surface area (Å²) in [6, 6.07) is 63.6. The number of hydrogen-bond donors (Lipinski definition) is 0. The molecule has 8 aromatic carbocycles. The normalized spacial score (nSPS) is 17.4. The first kappa shape index (κ1) is 38.7. The number of fused-ring (bicyclic) bond motifs is 5. The van der Waals surface area contributed by atoms with E-state index in [4.69, 9.17) is 16.6 Å². The molecule has 1 aliphatic carbocycles. The molecule has 11 rings (SSSR count). The lowest BCUT2D eigenvalue weighted by Crippen LogP contribution is -2.20. The maximum Gasteiger partial charge on any atom is 0.156 e. The third-order valence-corrected chi connectivity index (χ3v) is 14.2. The molecule has 0 bridgehead atoms. The van der Waals surface area contributed by atoms with Crippen molar-refractivity contribution in [3.05, 3.63) is 240 Å². The molecule has 1 aliphatic heterocycles. The van der Waals surface area contributed by atoms with Crippen LogP contribution in [0.1, 0.15) is 53.6 Å². The van der Waals surface area contributed by atoms with Gasteiger partial charge in [-0.15, -0.1) is 11.3 Å². The predicted octanol–water partition coefficient (Wildman–Crippen LogP) is 16.2. The van der Waals surface area contributed by atoms with Crippen LogP contribution in [0.3, 0.4) is 0 Å². The highest BCUT2D eigenvalue weighted by Gasteiger charge is 2.27. The molecule has 0 saturated carbocycles. The van der Waals surface area contributed by atoms with Gasteiger partial charge in [-0.3, -0.25) is 4.99 Å². The Kier molecular flexibility index (Phi) is 9.98. The Hall–Kier alpha value is -7.20. The lowest BCUT2D eigenvalue weighted by Gasteiger charge is -2.25. The van der Waals surface area contributed by atoms with Crippen molar-refractivity contribution in [1.29, 1.82) is 0 Å². The Morgan fingerprint density at radius 2 is 1.21 bits per heavy atom. The van der Waals surface area contributed by atoms with Gasteiger partial charge in [0.25, 0.3) is 0 Å². The molecule has 3 atom stereocenters. The van der Waals surface area contributed by atoms with Crippen LogP contribution in [-0.4, -0.2) is 11.5 Å². The highest BCUT2D eigenvalue weighted by Crippen LogP contribution is 2.49. The molecular weight excluding hydrogens is 781 g/mol. The van der Waals surface area contributed by atoms with E-state index in [2.05, 4.69) is 196 Å². The minimum Gasteiger partial charge on any atom is -0.253 e. The summed E-state index contributed by atoms with van der Waals surface area (Å²) in [4.78, 5) is 10.5. The molecular formula is C60H46N2S. The summed E-state index contributed by atoms with van der Waals surface area (Å²) < 4.78 is 2.69. The summed E-state index contributed by atoms with van der Waals surface area (Å²) in [7, 11) is 0. The maximum absolute atomic E-state index is 5.32. The van der Waals surface area contributed by atoms with E-state index in [1.54, 1.807) is 0 Å². The van der Waals surface area contributed by atoms with Crippen LogP contribution in [-0.2, 0) is 6.42 Å². The predicted molar refractivity (Wildman–Crippen MR) is 271 cm³/mol. The second-order valence-corrected chi connectivity index (χ2v) is 17.8. The van der Waals surface area contributed by atoms with E-state index < -0.39 is 0 Å². The second-order valence-electron chi connectivity index (χ2n) is 16.8. The Labute approximate surface area is 373 Å². The molecule has 0 radical (unpaired) electrons. The van der Waals surface area contributed by atoms with Gasteiger partial charge >= 0.3 is 0 Å². The van der Waals surface area contributed by atoms with E-state index in [1.807, 2.05) is 29.5 Å². The van der Waals surface area contributed by atoms with Crippen LogP contribution in [0, 0.1) is 5.92 Å². The van der Waals surface area contributed by atoms with Crippen LogP contribution < -0.4 is 0 Å². The quantitative estimate of drug-likeness (QED) is 0.146. The number of aryl methyl sites for hydroxylation is 1. The van der Waals surface area contributed by atoms with Crippen molar-refractivity contribution in [2.24, 2.45) is 15.9 Å². The fourth-order valence-electron chi connectivity index (χ4n) is 9.88. The molecule has 3 heteroatoms. The van der Waals surface area contributed by atoms with Gasteiger partial charge < -0.3 is 0 Å². The number of hydrogen-bond acceptors (Lipinski definition) is 3. The number of benzene rings is 8. The summed E-state index contributed by atoms with van der Waals surface area (Å²) in [5.41, 5.74) is 15.0. The minimum absolute atomic E-state index is 0.300. The van der Waals surface area contributed by atoms with E-state index in [0.29, 0.717) is 11.8 Å². The summed E-state index contributed by atoms with van der Waals surface area (Å²) in [6.45, 7) is 9.28. The van der Waals surface area contributed by atoms with Crippen molar-refractivity contribution in [2.45, 2.75) is 32.2 Å². The van der Waals surface area contributed by atoms with Crippen LogP contribution in [0.4, 0.5) is 0 Å². The average Bonchev–Trinajstić information content (AvgIpc) is 3.74. The monoisotopic (exact) mass is 826 g/mol. The minimum atomic E-state index is -0.300. The van der Waals surface area contributed by atoms with Crippen molar-refractivity contribution in [3.63, 3.8) is 0 Å². The zero-order valence-electron chi connectivity index (χ0n) is 35.5. The van der Waals surface area contributed by atoms with Gasteiger partial charge in [0.15, 0.2) is 5.84 Å². The SMILES string of the molecule is C=C1C(c2ccc(C3C=CC=CC3C)cc2)=NC(c2ccccc2)=NC1c1cccc(-c2cccc(-c3cccc4c3c(CC)c(-c3ccccc3)c3sc5ccccc5c34)c2)c1. The first-order chi connectivity index (χ1) is 31.0. The Morgan fingerprint density at radius 3 is 1.98 bits per heavy atom. The molecule has 0 N–H and O–H groups in total. The summed E-state index contributed by atoms with van der Waals surface area (Å²) in [5.74, 6) is 1.52. The number of allylic oxidation sites excluding steroid dienone is 4. The molecule has 2 nitrogen and oxygen atoms in total. The zero-order chi connectivity index (χ0) is 42.4. The number of amidine groups is 1. The fourth-order valence-corrected chi connectivity index (χ4v) is 11.2. The van der Waals surface area contributed by atoms with Crippen molar-refractivity contribution in [3.8, 4) is 33.4 Å². The zero-order valence-corrected chi connectivity index (χ0v) is 36.3. The van der Waals surface area contributed by atoms with Crippen molar-refractivity contribution < 1.29 is 0 Å².